The molecule has 1 radical (unpaired) electrons. The first-order valence-corrected chi connectivity index (χ1v) is 12.4. The summed E-state index contributed by atoms with van der Waals surface area (Å²) in [4.78, 5) is 9.13. The van der Waals surface area contributed by atoms with E-state index in [-0.39, 0.29) is 20.1 Å². The van der Waals surface area contributed by atoms with Crippen molar-refractivity contribution in [2.45, 2.75) is 32.2 Å². The number of aromatic nitrogens is 3. The largest absolute Gasteiger partial charge is 0.360 e. The summed E-state index contributed by atoms with van der Waals surface area (Å²) in [5, 5.41) is 0. The second-order valence-corrected chi connectivity index (χ2v) is 9.20. The van der Waals surface area contributed by atoms with Gasteiger partial charge in [0.1, 0.15) is 0 Å². The minimum atomic E-state index is 0. The molecule has 3 heterocycles. The average Bonchev–Trinajstić information content (AvgIpc) is 3.61. The van der Waals surface area contributed by atoms with Crippen LogP contribution in [0.1, 0.15) is 31.2 Å². The Kier molecular flexibility index (Phi) is 7.55. The Labute approximate surface area is 226 Å². The second-order valence-electron chi connectivity index (χ2n) is 9.20. The van der Waals surface area contributed by atoms with Gasteiger partial charge < -0.3 is 9.55 Å². The Balaban J connectivity index is 0.000000175. The van der Waals surface area contributed by atoms with Gasteiger partial charge in [-0.15, -0.1) is 71.8 Å². The third-order valence-corrected chi connectivity index (χ3v) is 6.96. The molecule has 1 aliphatic carbocycles. The molecule has 5 aromatic rings. The summed E-state index contributed by atoms with van der Waals surface area (Å²) in [5.74, 6) is 1.81. The molecule has 2 aliphatic rings. The average molecular weight is 646 g/mol. The normalized spacial score (nSPS) is 14.5. The van der Waals surface area contributed by atoms with Crippen LogP contribution in [-0.4, -0.2) is 14.5 Å². The number of pyridine rings is 1. The molecular formula is C32H27IrN3-2. The second kappa shape index (κ2) is 11.2. The summed E-state index contributed by atoms with van der Waals surface area (Å²) in [6.45, 7) is 0.982. The number of allylic oxidation sites excluding steroid dienone is 1. The molecule has 1 aliphatic heterocycles. The number of benzene rings is 3. The van der Waals surface area contributed by atoms with Gasteiger partial charge in [0, 0.05) is 32.8 Å². The van der Waals surface area contributed by atoms with Gasteiger partial charge in [0.15, 0.2) is 0 Å². The molecule has 3 nitrogen and oxygen atoms in total. The molecule has 1 fully saturated rings. The Morgan fingerprint density at radius 1 is 0.778 bits per heavy atom. The maximum atomic E-state index is 4.91. The van der Waals surface area contributed by atoms with Gasteiger partial charge in [0.25, 0.3) is 0 Å². The van der Waals surface area contributed by atoms with E-state index < -0.39 is 0 Å². The Morgan fingerprint density at radius 2 is 1.53 bits per heavy atom. The first kappa shape index (κ1) is 24.4. The molecule has 0 bridgehead atoms. The number of nitrogens with zero attached hydrogens (tertiary/aromatic N) is 3. The van der Waals surface area contributed by atoms with Crippen molar-refractivity contribution in [2.75, 3.05) is 0 Å². The van der Waals surface area contributed by atoms with Gasteiger partial charge in [0.05, 0.1) is 16.9 Å². The zero-order valence-electron chi connectivity index (χ0n) is 20.0. The van der Waals surface area contributed by atoms with Crippen LogP contribution in [0, 0.1) is 18.1 Å². The minimum Gasteiger partial charge on any atom is -0.360 e. The maximum absolute atomic E-state index is 4.91. The number of hydrogen-bond donors (Lipinski definition) is 0. The van der Waals surface area contributed by atoms with E-state index in [4.69, 9.17) is 4.98 Å². The van der Waals surface area contributed by atoms with Crippen LogP contribution in [0.15, 0.2) is 96.7 Å². The van der Waals surface area contributed by atoms with Crippen molar-refractivity contribution >= 4 is 17.1 Å². The monoisotopic (exact) mass is 646 g/mol. The molecule has 7 rings (SSSR count). The van der Waals surface area contributed by atoms with Crippen molar-refractivity contribution in [3.8, 4) is 22.6 Å². The topological polar surface area (TPSA) is 30.7 Å². The minimum absolute atomic E-state index is 0. The molecule has 0 atom stereocenters. The van der Waals surface area contributed by atoms with Gasteiger partial charge in [-0.05, 0) is 47.7 Å². The summed E-state index contributed by atoms with van der Waals surface area (Å²) in [6.07, 6.45) is 9.66. The van der Waals surface area contributed by atoms with E-state index in [1.54, 1.807) is 11.8 Å². The van der Waals surface area contributed by atoms with Crippen molar-refractivity contribution in [1.29, 1.82) is 0 Å². The molecule has 2 aromatic heterocycles. The van der Waals surface area contributed by atoms with Crippen LogP contribution in [0.3, 0.4) is 0 Å². The maximum Gasteiger partial charge on any atom is 0.0777 e. The number of imidazole rings is 1. The van der Waals surface area contributed by atoms with E-state index >= 15 is 0 Å². The first-order chi connectivity index (χ1) is 17.4. The Bertz CT molecular complexity index is 1410. The predicted molar refractivity (Wildman–Crippen MR) is 142 cm³/mol. The van der Waals surface area contributed by atoms with E-state index in [9.17, 15) is 0 Å². The quantitative estimate of drug-likeness (QED) is 0.189. The first-order valence-electron chi connectivity index (χ1n) is 12.4. The summed E-state index contributed by atoms with van der Waals surface area (Å²) < 4.78 is 2.41. The summed E-state index contributed by atoms with van der Waals surface area (Å²) in [6, 6.07) is 34.8. The summed E-state index contributed by atoms with van der Waals surface area (Å²) in [5.41, 5.74) is 8.37. The van der Waals surface area contributed by atoms with Crippen LogP contribution in [0.25, 0.3) is 39.8 Å². The fourth-order valence-electron chi connectivity index (χ4n) is 5.27. The van der Waals surface area contributed by atoms with Crippen molar-refractivity contribution in [1.82, 2.24) is 14.5 Å². The molecule has 0 N–H and O–H groups in total. The fourth-order valence-corrected chi connectivity index (χ4v) is 5.27. The molecular weight excluding hydrogens is 619 g/mol. The van der Waals surface area contributed by atoms with Gasteiger partial charge in [-0.1, -0.05) is 43.2 Å². The number of hydrogen-bond acceptors (Lipinski definition) is 2. The molecule has 0 unspecified atom stereocenters. The van der Waals surface area contributed by atoms with Crippen molar-refractivity contribution < 1.29 is 20.1 Å². The number of para-hydroxylation sites is 1. The third-order valence-electron chi connectivity index (χ3n) is 6.96. The van der Waals surface area contributed by atoms with Crippen LogP contribution < -0.4 is 0 Å². The van der Waals surface area contributed by atoms with E-state index in [1.807, 2.05) is 54.6 Å². The summed E-state index contributed by atoms with van der Waals surface area (Å²) >= 11 is 0. The van der Waals surface area contributed by atoms with Crippen LogP contribution in [-0.2, 0) is 26.7 Å². The molecule has 0 saturated heterocycles. The zero-order chi connectivity index (χ0) is 23.5. The SMILES string of the molecule is [Ir].[c-]1ccccc1-c1ccccn1.[c-]1ccccc1-c1nc2cccc3c2n1CC(C1CCCC1)=C3. The van der Waals surface area contributed by atoms with Crippen LogP contribution in [0.4, 0.5) is 0 Å². The van der Waals surface area contributed by atoms with E-state index in [2.05, 4.69) is 58.1 Å². The molecule has 3 aromatic carbocycles. The van der Waals surface area contributed by atoms with Gasteiger partial charge in [0.2, 0.25) is 0 Å². The van der Waals surface area contributed by atoms with Gasteiger partial charge >= 0.3 is 0 Å². The van der Waals surface area contributed by atoms with E-state index in [1.165, 1.54) is 36.8 Å². The molecule has 0 amide bonds. The Morgan fingerprint density at radius 3 is 2.22 bits per heavy atom. The third kappa shape index (κ3) is 4.97. The van der Waals surface area contributed by atoms with E-state index in [0.29, 0.717) is 0 Å². The van der Waals surface area contributed by atoms with Crippen molar-refractivity contribution in [2.24, 2.45) is 5.92 Å². The molecule has 36 heavy (non-hydrogen) atoms. The number of rotatable bonds is 3. The van der Waals surface area contributed by atoms with Crippen LogP contribution in [0.5, 0.6) is 0 Å². The predicted octanol–water partition coefficient (Wildman–Crippen LogP) is 7.64. The van der Waals surface area contributed by atoms with Crippen molar-refractivity contribution in [3.63, 3.8) is 0 Å². The van der Waals surface area contributed by atoms with E-state index in [0.717, 1.165) is 40.6 Å². The van der Waals surface area contributed by atoms with Gasteiger partial charge in [-0.25, -0.2) is 0 Å². The molecule has 181 valence electrons. The fraction of sp³-hybridized carbons (Fsp3) is 0.188. The molecule has 0 spiro atoms. The van der Waals surface area contributed by atoms with Gasteiger partial charge in [-0.2, -0.15) is 0 Å². The van der Waals surface area contributed by atoms with Gasteiger partial charge in [-0.3, -0.25) is 4.98 Å². The Hall–Kier alpha value is -3.33. The van der Waals surface area contributed by atoms with Crippen LogP contribution in [0.2, 0.25) is 0 Å². The zero-order valence-corrected chi connectivity index (χ0v) is 22.4. The van der Waals surface area contributed by atoms with Crippen molar-refractivity contribution in [3.05, 3.63) is 114 Å². The van der Waals surface area contributed by atoms with Crippen LogP contribution >= 0.6 is 0 Å². The molecule has 1 saturated carbocycles. The standard InChI is InChI=1S/C21H19N2.C11H8N.Ir/c1-2-9-16(10-3-1)21-22-19-12-6-11-17-13-18(14-23(21)20(17)19)15-7-4-5-8-15;1-2-6-10(7-3-1)11-8-4-5-9-12-11;/h1-3,6,9,11-13,15H,4-5,7-8,14H2;1-6,8-9H;/q2*-1;. The smallest absolute Gasteiger partial charge is 0.0777 e. The molecule has 4 heteroatoms. The summed E-state index contributed by atoms with van der Waals surface area (Å²) in [7, 11) is 0.